The first kappa shape index (κ1) is 16.4. The van der Waals surface area contributed by atoms with E-state index in [1.165, 1.54) is 0 Å². The van der Waals surface area contributed by atoms with Gasteiger partial charge in [-0.15, -0.1) is 0 Å². The molecule has 0 aliphatic carbocycles. The Bertz CT molecular complexity index is 217. The van der Waals surface area contributed by atoms with E-state index in [-0.39, 0.29) is 0 Å². The lowest BCUT2D eigenvalue weighted by Crippen LogP contribution is -2.29. The zero-order valence-corrected chi connectivity index (χ0v) is 11.7. The van der Waals surface area contributed by atoms with Crippen molar-refractivity contribution in [2.24, 2.45) is 5.41 Å². The number of hydrogen-bond donors (Lipinski definition) is 1. The number of rotatable bonds is 10. The van der Waals surface area contributed by atoms with Crippen molar-refractivity contribution in [3.8, 4) is 0 Å². The fourth-order valence-electron chi connectivity index (χ4n) is 1.66. The van der Waals surface area contributed by atoms with Gasteiger partial charge in [-0.3, -0.25) is 4.79 Å². The summed E-state index contributed by atoms with van der Waals surface area (Å²) in [5.74, 6) is -0.704. The number of aliphatic carboxylic acids is 1. The zero-order valence-electron chi connectivity index (χ0n) is 11.7. The monoisotopic (exact) mass is 245 g/mol. The molecule has 1 N–H and O–H groups in total. The minimum absolute atomic E-state index is 0.594. The van der Waals surface area contributed by atoms with Crippen molar-refractivity contribution in [3.05, 3.63) is 0 Å². The molecule has 0 aliphatic rings. The van der Waals surface area contributed by atoms with Gasteiger partial charge in [0, 0.05) is 13.7 Å². The van der Waals surface area contributed by atoms with Crippen LogP contribution in [0.5, 0.6) is 0 Å². The molecule has 0 unspecified atom stereocenters. The summed E-state index contributed by atoms with van der Waals surface area (Å²) in [5, 5.41) is 8.99. The van der Waals surface area contributed by atoms with Gasteiger partial charge in [0.15, 0.2) is 0 Å². The Morgan fingerprint density at radius 1 is 1.29 bits per heavy atom. The van der Waals surface area contributed by atoms with Crippen molar-refractivity contribution in [1.82, 2.24) is 4.90 Å². The lowest BCUT2D eigenvalue weighted by atomic mass is 9.87. The summed E-state index contributed by atoms with van der Waals surface area (Å²) in [6, 6.07) is 0. The first-order chi connectivity index (χ1) is 7.94. The summed E-state index contributed by atoms with van der Waals surface area (Å²) in [4.78, 5) is 13.3. The Kier molecular flexibility index (Phi) is 8.17. The van der Waals surface area contributed by atoms with Crippen LogP contribution in [0, 0.1) is 5.41 Å². The number of carboxylic acid groups (broad SMARTS) is 1. The average Bonchev–Trinajstić information content (AvgIpc) is 2.28. The first-order valence-electron chi connectivity index (χ1n) is 6.38. The van der Waals surface area contributed by atoms with Crippen LogP contribution in [0.3, 0.4) is 0 Å². The zero-order chi connectivity index (χ0) is 13.3. The van der Waals surface area contributed by atoms with Crippen LogP contribution in [-0.4, -0.2) is 49.3 Å². The molecule has 0 fully saturated rings. The van der Waals surface area contributed by atoms with Gasteiger partial charge in [-0.25, -0.2) is 0 Å². The van der Waals surface area contributed by atoms with Gasteiger partial charge < -0.3 is 14.7 Å². The number of unbranched alkanes of at least 4 members (excludes halogenated alkanes) is 1. The molecule has 0 saturated carbocycles. The molecule has 0 atom stereocenters. The molecule has 4 nitrogen and oxygen atoms in total. The molecular formula is C13H27NO3. The summed E-state index contributed by atoms with van der Waals surface area (Å²) in [6.45, 7) is 9.47. The highest BCUT2D eigenvalue weighted by molar-refractivity contribution is 5.73. The molecule has 102 valence electrons. The van der Waals surface area contributed by atoms with Gasteiger partial charge in [0.25, 0.3) is 0 Å². The van der Waals surface area contributed by atoms with Crippen LogP contribution in [-0.2, 0) is 9.53 Å². The van der Waals surface area contributed by atoms with Crippen LogP contribution in [0.4, 0.5) is 0 Å². The van der Waals surface area contributed by atoms with Crippen LogP contribution in [0.2, 0.25) is 0 Å². The molecule has 0 bridgehead atoms. The molecule has 0 spiro atoms. The number of carboxylic acids is 1. The standard InChI is InChI=1S/C13H27NO3/c1-5-14(10-11-17-4)9-7-6-8-13(2,3)12(15)16/h5-11H2,1-4H3,(H,15,16). The molecule has 0 radical (unpaired) electrons. The lowest BCUT2D eigenvalue weighted by molar-refractivity contribution is -0.147. The van der Waals surface area contributed by atoms with Gasteiger partial charge >= 0.3 is 5.97 Å². The maximum Gasteiger partial charge on any atom is 0.309 e. The minimum atomic E-state index is -0.704. The lowest BCUT2D eigenvalue weighted by Gasteiger charge is -2.22. The van der Waals surface area contributed by atoms with E-state index in [9.17, 15) is 4.79 Å². The Morgan fingerprint density at radius 3 is 2.41 bits per heavy atom. The Hall–Kier alpha value is -0.610. The fourth-order valence-corrected chi connectivity index (χ4v) is 1.66. The molecule has 0 heterocycles. The molecule has 0 aromatic carbocycles. The Morgan fingerprint density at radius 2 is 1.94 bits per heavy atom. The first-order valence-corrected chi connectivity index (χ1v) is 6.38. The van der Waals surface area contributed by atoms with E-state index in [0.717, 1.165) is 45.5 Å². The van der Waals surface area contributed by atoms with Crippen molar-refractivity contribution in [2.45, 2.75) is 40.0 Å². The van der Waals surface area contributed by atoms with E-state index in [0.29, 0.717) is 0 Å². The highest BCUT2D eigenvalue weighted by atomic mass is 16.5. The third-order valence-corrected chi connectivity index (χ3v) is 3.16. The van der Waals surface area contributed by atoms with E-state index in [1.807, 2.05) is 0 Å². The predicted octanol–water partition coefficient (Wildman–Crippen LogP) is 2.24. The van der Waals surface area contributed by atoms with Gasteiger partial charge in [0.1, 0.15) is 0 Å². The van der Waals surface area contributed by atoms with Crippen molar-refractivity contribution in [2.75, 3.05) is 33.4 Å². The normalized spacial score (nSPS) is 12.1. The second-order valence-corrected chi connectivity index (χ2v) is 5.07. The number of nitrogens with zero attached hydrogens (tertiary/aromatic N) is 1. The molecule has 0 saturated heterocycles. The van der Waals surface area contributed by atoms with E-state index < -0.39 is 11.4 Å². The molecule has 0 aliphatic heterocycles. The largest absolute Gasteiger partial charge is 0.481 e. The van der Waals surface area contributed by atoms with Gasteiger partial charge in [-0.2, -0.15) is 0 Å². The summed E-state index contributed by atoms with van der Waals surface area (Å²) in [7, 11) is 1.71. The third-order valence-electron chi connectivity index (χ3n) is 3.16. The van der Waals surface area contributed by atoms with Crippen molar-refractivity contribution >= 4 is 5.97 Å². The SMILES string of the molecule is CCN(CCCCC(C)(C)C(=O)O)CCOC. The molecule has 0 amide bonds. The number of likely N-dealkylation sites (N-methyl/N-ethyl adjacent to an activating group) is 1. The number of carbonyl (C=O) groups is 1. The van der Waals surface area contributed by atoms with Gasteiger partial charge in [-0.1, -0.05) is 13.3 Å². The average molecular weight is 245 g/mol. The second-order valence-electron chi connectivity index (χ2n) is 5.07. The highest BCUT2D eigenvalue weighted by Gasteiger charge is 2.25. The van der Waals surface area contributed by atoms with E-state index >= 15 is 0 Å². The number of hydrogen-bond acceptors (Lipinski definition) is 3. The van der Waals surface area contributed by atoms with Crippen LogP contribution < -0.4 is 0 Å². The summed E-state index contributed by atoms with van der Waals surface area (Å²) < 4.78 is 5.05. The quantitative estimate of drug-likeness (QED) is 0.600. The topological polar surface area (TPSA) is 49.8 Å². The number of ether oxygens (including phenoxy) is 1. The van der Waals surface area contributed by atoms with E-state index in [2.05, 4.69) is 11.8 Å². The molecule has 0 rings (SSSR count). The van der Waals surface area contributed by atoms with Gasteiger partial charge in [-0.05, 0) is 39.8 Å². The van der Waals surface area contributed by atoms with E-state index in [4.69, 9.17) is 9.84 Å². The van der Waals surface area contributed by atoms with Crippen LogP contribution in [0.1, 0.15) is 40.0 Å². The Balaban J connectivity index is 3.71. The molecule has 4 heteroatoms. The minimum Gasteiger partial charge on any atom is -0.481 e. The van der Waals surface area contributed by atoms with Crippen LogP contribution in [0.15, 0.2) is 0 Å². The van der Waals surface area contributed by atoms with Crippen LogP contribution >= 0.6 is 0 Å². The molecule has 0 aromatic rings. The predicted molar refractivity (Wildman–Crippen MR) is 69.3 cm³/mol. The highest BCUT2D eigenvalue weighted by Crippen LogP contribution is 2.23. The van der Waals surface area contributed by atoms with Crippen molar-refractivity contribution < 1.29 is 14.6 Å². The maximum atomic E-state index is 10.9. The van der Waals surface area contributed by atoms with Crippen LogP contribution in [0.25, 0.3) is 0 Å². The number of methoxy groups -OCH3 is 1. The molecule has 17 heavy (non-hydrogen) atoms. The molecule has 0 aromatic heterocycles. The smallest absolute Gasteiger partial charge is 0.309 e. The Labute approximate surface area is 105 Å². The summed E-state index contributed by atoms with van der Waals surface area (Å²) >= 11 is 0. The van der Waals surface area contributed by atoms with Crippen molar-refractivity contribution in [1.29, 1.82) is 0 Å². The van der Waals surface area contributed by atoms with Gasteiger partial charge in [0.2, 0.25) is 0 Å². The molecular weight excluding hydrogens is 218 g/mol. The second kappa shape index (κ2) is 8.48. The maximum absolute atomic E-state index is 10.9. The third kappa shape index (κ3) is 7.34. The van der Waals surface area contributed by atoms with Gasteiger partial charge in [0.05, 0.1) is 12.0 Å². The summed E-state index contributed by atoms with van der Waals surface area (Å²) in [6.07, 6.45) is 2.75. The summed E-state index contributed by atoms with van der Waals surface area (Å²) in [5.41, 5.74) is -0.594. The van der Waals surface area contributed by atoms with E-state index in [1.54, 1.807) is 21.0 Å². The fraction of sp³-hybridized carbons (Fsp3) is 0.923. The van der Waals surface area contributed by atoms with Crippen molar-refractivity contribution in [3.63, 3.8) is 0 Å².